The number of unbranched alkanes of at least 4 members (excludes halogenated alkanes) is 2. The van der Waals surface area contributed by atoms with E-state index in [0.717, 1.165) is 41.2 Å². The van der Waals surface area contributed by atoms with E-state index >= 15 is 0 Å². The Morgan fingerprint density at radius 3 is 2.78 bits per heavy atom. The molecule has 0 saturated heterocycles. The third-order valence-electron chi connectivity index (χ3n) is 5.62. The molecule has 4 aromatic rings. The predicted octanol–water partition coefficient (Wildman–Crippen LogP) is 5.22. The highest BCUT2D eigenvalue weighted by Gasteiger charge is 2.07. The van der Waals surface area contributed by atoms with Crippen LogP contribution in [0.15, 0.2) is 57.9 Å². The number of fused-ring (bicyclic) bond motifs is 2. The van der Waals surface area contributed by atoms with Gasteiger partial charge in [-0.25, -0.2) is 0 Å². The van der Waals surface area contributed by atoms with Gasteiger partial charge in [0.2, 0.25) is 5.91 Å². The minimum absolute atomic E-state index is 0.0647. The maximum Gasteiger partial charge on any atom is 0.262 e. The molecule has 0 spiro atoms. The number of carbonyl (C=O) groups excluding carboxylic acids is 1. The van der Waals surface area contributed by atoms with Gasteiger partial charge in [0.05, 0.1) is 10.9 Å². The summed E-state index contributed by atoms with van der Waals surface area (Å²) in [6.07, 6.45) is 5.72. The van der Waals surface area contributed by atoms with Crippen molar-refractivity contribution in [2.45, 2.75) is 38.6 Å². The Morgan fingerprint density at radius 1 is 1.06 bits per heavy atom. The molecule has 0 bridgehead atoms. The van der Waals surface area contributed by atoms with Crippen LogP contribution in [0.2, 0.25) is 0 Å². The molecular weight excluding hydrogens is 488 g/mol. The summed E-state index contributed by atoms with van der Waals surface area (Å²) in [5.74, 6) is 0.0647. The Hall–Kier alpha value is -2.71. The van der Waals surface area contributed by atoms with Crippen molar-refractivity contribution in [3.8, 4) is 0 Å². The van der Waals surface area contributed by atoms with Gasteiger partial charge in [-0.2, -0.15) is 0 Å². The number of halogens is 1. The number of hydrogen-bond donors (Lipinski definition) is 3. The maximum absolute atomic E-state index is 12.8. The number of aromatic nitrogens is 3. The van der Waals surface area contributed by atoms with Crippen LogP contribution < -0.4 is 10.9 Å². The van der Waals surface area contributed by atoms with Crippen molar-refractivity contribution in [1.82, 2.24) is 19.9 Å². The summed E-state index contributed by atoms with van der Waals surface area (Å²) < 4.78 is 2.89. The largest absolute Gasteiger partial charge is 0.361 e. The normalized spacial score (nSPS) is 11.3. The quantitative estimate of drug-likeness (QED) is 0.212. The summed E-state index contributed by atoms with van der Waals surface area (Å²) in [4.78, 5) is 31.3. The lowest BCUT2D eigenvalue weighted by Crippen LogP contribution is -2.25. The van der Waals surface area contributed by atoms with E-state index in [0.29, 0.717) is 29.7 Å². The van der Waals surface area contributed by atoms with Gasteiger partial charge in [0.15, 0.2) is 4.77 Å². The molecule has 0 radical (unpaired) electrons. The number of H-pyrrole nitrogens is 2. The van der Waals surface area contributed by atoms with Crippen molar-refractivity contribution in [3.63, 3.8) is 0 Å². The van der Waals surface area contributed by atoms with E-state index in [2.05, 4.69) is 43.3 Å². The van der Waals surface area contributed by atoms with E-state index in [9.17, 15) is 9.59 Å². The van der Waals surface area contributed by atoms with Gasteiger partial charge >= 0.3 is 0 Å². The predicted molar refractivity (Wildman–Crippen MR) is 135 cm³/mol. The molecule has 0 saturated carbocycles. The lowest BCUT2D eigenvalue weighted by atomic mass is 10.1. The molecule has 2 aromatic carbocycles. The van der Waals surface area contributed by atoms with Crippen molar-refractivity contribution in [2.24, 2.45) is 0 Å². The van der Waals surface area contributed by atoms with Crippen molar-refractivity contribution >= 4 is 55.9 Å². The van der Waals surface area contributed by atoms with Crippen LogP contribution >= 0.6 is 28.1 Å². The molecule has 166 valence electrons. The maximum atomic E-state index is 12.8. The van der Waals surface area contributed by atoms with Crippen LogP contribution in [0.25, 0.3) is 21.8 Å². The minimum Gasteiger partial charge on any atom is -0.361 e. The first kappa shape index (κ1) is 22.5. The lowest BCUT2D eigenvalue weighted by Gasteiger charge is -2.09. The van der Waals surface area contributed by atoms with E-state index in [4.69, 9.17) is 12.2 Å². The molecule has 8 heteroatoms. The number of nitrogens with zero attached hydrogens (tertiary/aromatic N) is 1. The molecule has 6 nitrogen and oxygen atoms in total. The van der Waals surface area contributed by atoms with Crippen LogP contribution in [-0.4, -0.2) is 27.0 Å². The second-order valence-corrected chi connectivity index (χ2v) is 9.15. The summed E-state index contributed by atoms with van der Waals surface area (Å²) in [5, 5.41) is 4.82. The standard InChI is InChI=1S/C24H25BrN4O2S/c25-17-9-10-21-19(14-17)23(31)29(24(32)28-21)13-5-1-2-8-22(30)26-12-11-16-15-27-20-7-4-3-6-18(16)20/h3-4,6-7,9-10,14-15,27H,1-2,5,8,11-13H2,(H,26,30)(H,28,32). The number of benzene rings is 2. The number of para-hydroxylation sites is 1. The Balaban J connectivity index is 1.20. The van der Waals surface area contributed by atoms with Crippen LogP contribution in [0, 0.1) is 4.77 Å². The average molecular weight is 513 g/mol. The molecule has 2 aromatic heterocycles. The van der Waals surface area contributed by atoms with Crippen molar-refractivity contribution < 1.29 is 4.79 Å². The second kappa shape index (κ2) is 10.3. The van der Waals surface area contributed by atoms with E-state index < -0.39 is 0 Å². The molecule has 0 fully saturated rings. The van der Waals surface area contributed by atoms with Crippen LogP contribution in [-0.2, 0) is 17.8 Å². The van der Waals surface area contributed by atoms with Crippen LogP contribution in [0.1, 0.15) is 31.2 Å². The molecule has 1 amide bonds. The van der Waals surface area contributed by atoms with E-state index in [1.807, 2.05) is 30.5 Å². The zero-order valence-corrected chi connectivity index (χ0v) is 20.0. The highest BCUT2D eigenvalue weighted by molar-refractivity contribution is 9.10. The van der Waals surface area contributed by atoms with Crippen LogP contribution in [0.5, 0.6) is 0 Å². The van der Waals surface area contributed by atoms with Crippen LogP contribution in [0.4, 0.5) is 0 Å². The smallest absolute Gasteiger partial charge is 0.262 e. The number of carbonyl (C=O) groups is 1. The summed E-state index contributed by atoms with van der Waals surface area (Å²) in [5.41, 5.74) is 2.99. The number of hydrogen-bond acceptors (Lipinski definition) is 3. The van der Waals surface area contributed by atoms with Gasteiger partial charge in [-0.15, -0.1) is 0 Å². The summed E-state index contributed by atoms with van der Waals surface area (Å²) in [7, 11) is 0. The van der Waals surface area contributed by atoms with Gasteiger partial charge in [-0.1, -0.05) is 40.5 Å². The van der Waals surface area contributed by atoms with Gasteiger partial charge in [0.1, 0.15) is 0 Å². The molecule has 0 aliphatic rings. The molecule has 2 heterocycles. The van der Waals surface area contributed by atoms with Crippen molar-refractivity contribution in [3.05, 3.63) is 73.8 Å². The Labute approximate surface area is 199 Å². The van der Waals surface area contributed by atoms with Crippen molar-refractivity contribution in [1.29, 1.82) is 0 Å². The number of rotatable bonds is 9. The minimum atomic E-state index is -0.0833. The Kier molecular flexibility index (Phi) is 7.22. The first-order chi connectivity index (χ1) is 15.5. The summed E-state index contributed by atoms with van der Waals surface area (Å²) >= 11 is 8.77. The van der Waals surface area contributed by atoms with E-state index in [1.165, 1.54) is 10.9 Å². The third kappa shape index (κ3) is 5.19. The van der Waals surface area contributed by atoms with Gasteiger partial charge in [0, 0.05) is 41.1 Å². The zero-order chi connectivity index (χ0) is 22.5. The molecule has 0 aliphatic carbocycles. The molecule has 4 rings (SSSR count). The Morgan fingerprint density at radius 2 is 1.91 bits per heavy atom. The second-order valence-electron chi connectivity index (χ2n) is 7.85. The van der Waals surface area contributed by atoms with E-state index in [-0.39, 0.29) is 11.5 Å². The Bertz CT molecular complexity index is 1370. The zero-order valence-electron chi connectivity index (χ0n) is 17.6. The molecule has 0 atom stereocenters. The summed E-state index contributed by atoms with van der Waals surface area (Å²) in [6.45, 7) is 1.16. The number of nitrogens with one attached hydrogen (secondary N) is 3. The molecule has 0 unspecified atom stereocenters. The summed E-state index contributed by atoms with van der Waals surface area (Å²) in [6, 6.07) is 13.7. The highest BCUT2D eigenvalue weighted by atomic mass is 79.9. The van der Waals surface area contributed by atoms with Gasteiger partial charge in [-0.05, 0) is 61.3 Å². The average Bonchev–Trinajstić information content (AvgIpc) is 3.19. The fourth-order valence-corrected chi connectivity index (χ4v) is 4.57. The fourth-order valence-electron chi connectivity index (χ4n) is 3.92. The molecule has 0 aliphatic heterocycles. The van der Waals surface area contributed by atoms with Crippen molar-refractivity contribution in [2.75, 3.05) is 6.54 Å². The van der Waals surface area contributed by atoms with Gasteiger partial charge in [0.25, 0.3) is 5.56 Å². The molecular formula is C24H25BrN4O2S. The number of amides is 1. The first-order valence-electron chi connectivity index (χ1n) is 10.8. The fraction of sp³-hybridized carbons (Fsp3) is 0.292. The topological polar surface area (TPSA) is 82.7 Å². The highest BCUT2D eigenvalue weighted by Crippen LogP contribution is 2.18. The third-order valence-corrected chi connectivity index (χ3v) is 6.44. The molecule has 3 N–H and O–H groups in total. The number of aromatic amines is 2. The van der Waals surface area contributed by atoms with Crippen LogP contribution in [0.3, 0.4) is 0 Å². The first-order valence-corrected chi connectivity index (χ1v) is 12.0. The SMILES string of the molecule is O=C(CCCCCn1c(=S)[nH]c2ccc(Br)cc2c1=O)NCCc1c[nH]c2ccccc12. The van der Waals surface area contributed by atoms with Gasteiger partial charge in [-0.3, -0.25) is 14.2 Å². The lowest BCUT2D eigenvalue weighted by molar-refractivity contribution is -0.121. The monoisotopic (exact) mass is 512 g/mol. The van der Waals surface area contributed by atoms with Gasteiger partial charge < -0.3 is 15.3 Å². The molecule has 32 heavy (non-hydrogen) atoms. The van der Waals surface area contributed by atoms with E-state index in [1.54, 1.807) is 10.6 Å².